The number of nitrogen functional groups attached to an aromatic ring is 1. The first kappa shape index (κ1) is 25.4. The number of hydrazone groups is 1. The van der Waals surface area contributed by atoms with Gasteiger partial charge < -0.3 is 5.73 Å². The molecule has 1 saturated heterocycles. The summed E-state index contributed by atoms with van der Waals surface area (Å²) in [6, 6.07) is 6.61. The second kappa shape index (κ2) is 9.87. The summed E-state index contributed by atoms with van der Waals surface area (Å²) in [6.07, 6.45) is 6.58. The monoisotopic (exact) mass is 549 g/mol. The van der Waals surface area contributed by atoms with Gasteiger partial charge in [-0.15, -0.1) is 21.2 Å². The molecule has 0 radical (unpaired) electrons. The lowest BCUT2D eigenvalue weighted by Gasteiger charge is -2.32. The predicted molar refractivity (Wildman–Crippen MR) is 138 cm³/mol. The molecule has 2 aliphatic rings. The fourth-order valence-corrected chi connectivity index (χ4v) is 5.69. The van der Waals surface area contributed by atoms with Gasteiger partial charge in [-0.05, 0) is 31.0 Å². The van der Waals surface area contributed by atoms with E-state index in [2.05, 4.69) is 20.7 Å². The highest BCUT2D eigenvalue weighted by atomic mass is 35.5. The number of nitrogens with two attached hydrogens (primary N) is 2. The molecular formula is C22H27ClFN10O2S+. The topological polar surface area (TPSA) is 142 Å². The third-order valence-corrected chi connectivity index (χ3v) is 8.69. The molecule has 196 valence electrons. The summed E-state index contributed by atoms with van der Waals surface area (Å²) in [4.78, 5) is 4.34. The van der Waals surface area contributed by atoms with Crippen LogP contribution >= 0.6 is 11.6 Å². The second-order valence-electron chi connectivity index (χ2n) is 8.92. The summed E-state index contributed by atoms with van der Waals surface area (Å²) in [5.41, 5.74) is 12.7. The zero-order chi connectivity index (χ0) is 26.3. The van der Waals surface area contributed by atoms with Gasteiger partial charge in [0.05, 0.1) is 22.8 Å². The first-order chi connectivity index (χ1) is 17.7. The molecule has 1 aromatic carbocycles. The fourth-order valence-electron chi connectivity index (χ4n) is 4.38. The smallest absolute Gasteiger partial charge is 0.281 e. The van der Waals surface area contributed by atoms with Gasteiger partial charge in [0.15, 0.2) is 5.82 Å². The molecule has 0 saturated carbocycles. The van der Waals surface area contributed by atoms with Crippen molar-refractivity contribution in [2.45, 2.75) is 18.9 Å². The number of nitrogens with zero attached hydrogens (tertiary/aromatic N) is 7. The number of anilines is 2. The van der Waals surface area contributed by atoms with Crippen molar-refractivity contribution in [1.82, 2.24) is 28.9 Å². The Morgan fingerprint density at radius 3 is 2.70 bits per heavy atom. The molecule has 12 nitrogen and oxygen atoms in total. The number of quaternary nitrogens is 1. The van der Waals surface area contributed by atoms with Gasteiger partial charge in [0.1, 0.15) is 11.5 Å². The van der Waals surface area contributed by atoms with E-state index in [-0.39, 0.29) is 22.6 Å². The maximum Gasteiger partial charge on any atom is 0.281 e. The first-order valence-corrected chi connectivity index (χ1v) is 13.3. The van der Waals surface area contributed by atoms with Crippen LogP contribution in [0.5, 0.6) is 0 Å². The number of hydrogen-bond acceptors (Lipinski definition) is 8. The molecule has 37 heavy (non-hydrogen) atoms. The Hall–Kier alpha value is -3.30. The third kappa shape index (κ3) is 4.73. The Labute approximate surface area is 218 Å². The molecule has 3 aromatic rings. The Balaban J connectivity index is 1.37. The molecular weight excluding hydrogens is 523 g/mol. The Morgan fingerprint density at radius 1 is 1.22 bits per heavy atom. The summed E-state index contributed by atoms with van der Waals surface area (Å²) in [6.45, 7) is 0.848. The minimum Gasteiger partial charge on any atom is -0.383 e. The van der Waals surface area contributed by atoms with Crippen LogP contribution in [0.25, 0.3) is 11.1 Å². The maximum atomic E-state index is 14.7. The number of pyridine rings is 1. The van der Waals surface area contributed by atoms with Gasteiger partial charge in [-0.1, -0.05) is 17.7 Å². The van der Waals surface area contributed by atoms with E-state index in [1.165, 1.54) is 39.3 Å². The minimum atomic E-state index is -3.43. The molecule has 0 spiro atoms. The molecule has 2 aliphatic heterocycles. The van der Waals surface area contributed by atoms with E-state index in [0.717, 1.165) is 11.1 Å². The van der Waals surface area contributed by atoms with E-state index in [0.29, 0.717) is 37.3 Å². The molecule has 15 heteroatoms. The van der Waals surface area contributed by atoms with Crippen LogP contribution in [0.1, 0.15) is 24.4 Å². The zero-order valence-corrected chi connectivity index (χ0v) is 21.8. The Bertz CT molecular complexity index is 1450. The molecule has 2 aromatic heterocycles. The number of aromatic nitrogens is 3. The molecule has 0 bridgehead atoms. The normalized spacial score (nSPS) is 17.3. The van der Waals surface area contributed by atoms with Gasteiger partial charge in [0, 0.05) is 50.7 Å². The van der Waals surface area contributed by atoms with E-state index in [1.807, 2.05) is 16.9 Å². The summed E-state index contributed by atoms with van der Waals surface area (Å²) in [5, 5.41) is 10.3. The number of hydrogen-bond donors (Lipinski definition) is 3. The lowest BCUT2D eigenvalue weighted by molar-refractivity contribution is -0.703. The molecule has 4 heterocycles. The molecule has 1 fully saturated rings. The number of amidine groups is 1. The molecule has 0 atom stereocenters. The van der Waals surface area contributed by atoms with Crippen molar-refractivity contribution >= 4 is 39.2 Å². The lowest BCUT2D eigenvalue weighted by Crippen LogP contribution is -2.98. The molecule has 0 unspecified atom stereocenters. The fraction of sp³-hybridized carbons (Fsp3) is 0.318. The number of piperidine rings is 1. The van der Waals surface area contributed by atoms with Crippen molar-refractivity contribution in [3.8, 4) is 11.1 Å². The average Bonchev–Trinajstić information content (AvgIpc) is 3.56. The molecule has 5 N–H and O–H groups in total. The first-order valence-electron chi connectivity index (χ1n) is 11.5. The van der Waals surface area contributed by atoms with E-state index >= 15 is 0 Å². The van der Waals surface area contributed by atoms with Gasteiger partial charge in [-0.25, -0.2) is 9.37 Å². The van der Waals surface area contributed by atoms with Crippen molar-refractivity contribution < 1.29 is 18.3 Å². The summed E-state index contributed by atoms with van der Waals surface area (Å²) in [7, 11) is -0.359. The molecule has 0 aliphatic carbocycles. The van der Waals surface area contributed by atoms with Crippen LogP contribution in [0.3, 0.4) is 0 Å². The van der Waals surface area contributed by atoms with Crippen LogP contribution in [0, 0.1) is 5.82 Å². The highest BCUT2D eigenvalue weighted by Crippen LogP contribution is 2.30. The van der Waals surface area contributed by atoms with E-state index < -0.39 is 16.0 Å². The summed E-state index contributed by atoms with van der Waals surface area (Å²) in [5.74, 6) is 0.0222. The number of nitrogens with one attached hydrogen (secondary N) is 1. The van der Waals surface area contributed by atoms with Gasteiger partial charge >= 0.3 is 0 Å². The highest BCUT2D eigenvalue weighted by Gasteiger charge is 2.32. The number of rotatable bonds is 6. The lowest BCUT2D eigenvalue weighted by atomic mass is 10.1. The Kier molecular flexibility index (Phi) is 6.76. The van der Waals surface area contributed by atoms with Crippen molar-refractivity contribution in [3.05, 3.63) is 59.3 Å². The summed E-state index contributed by atoms with van der Waals surface area (Å²) >= 11 is 5.98. The van der Waals surface area contributed by atoms with Crippen LogP contribution < -0.4 is 21.8 Å². The van der Waals surface area contributed by atoms with Crippen LogP contribution in [0.15, 0.2) is 48.0 Å². The highest BCUT2D eigenvalue weighted by molar-refractivity contribution is 7.86. The third-order valence-electron chi connectivity index (χ3n) is 6.46. The van der Waals surface area contributed by atoms with Gasteiger partial charge in [-0.2, -0.15) is 22.1 Å². The predicted octanol–water partition coefficient (Wildman–Crippen LogP) is 0.928. The van der Waals surface area contributed by atoms with Gasteiger partial charge in [0.25, 0.3) is 10.2 Å². The number of halogens is 2. The van der Waals surface area contributed by atoms with Crippen LogP contribution in [-0.2, 0) is 10.2 Å². The Morgan fingerprint density at radius 2 is 1.97 bits per heavy atom. The number of benzene rings is 1. The van der Waals surface area contributed by atoms with Crippen LogP contribution in [0.2, 0.25) is 5.02 Å². The van der Waals surface area contributed by atoms with Crippen molar-refractivity contribution in [2.75, 3.05) is 37.9 Å². The summed E-state index contributed by atoms with van der Waals surface area (Å²) < 4.78 is 44.1. The van der Waals surface area contributed by atoms with Gasteiger partial charge in [-0.3, -0.25) is 4.68 Å². The maximum absolute atomic E-state index is 14.7. The largest absolute Gasteiger partial charge is 0.383 e. The average molecular weight is 550 g/mol. The molecule has 5 rings (SSSR count). The zero-order valence-electron chi connectivity index (χ0n) is 20.2. The quantitative estimate of drug-likeness (QED) is 0.388. The second-order valence-corrected chi connectivity index (χ2v) is 11.5. The van der Waals surface area contributed by atoms with E-state index in [9.17, 15) is 12.8 Å². The standard InChI is InChI=1S/C22H26ClFN10O2S/c1-31(2)37(35,36)32-8-6-16(7-9-32)33-13-15(12-27-33)14-10-17(21(25)26-11-14)22-28-29-30-34(22)19-5-3-4-18(23)20(19)24/h3-5,10-13,16,29-30H,6-9H2,1-2H3,(H2,25,26)/p+1. The molecule has 0 amide bonds. The SMILES string of the molecule is CN(C)S(=O)(=O)N1CCC(n2cc(-c3cnc(N)c(C4=NN[NH2+]N4c4cccc(Cl)c4F)c3)cn2)CC1. The minimum absolute atomic E-state index is 0.00504. The van der Waals surface area contributed by atoms with E-state index in [1.54, 1.807) is 24.5 Å². The van der Waals surface area contributed by atoms with Gasteiger partial charge in [0.2, 0.25) is 5.84 Å². The van der Waals surface area contributed by atoms with Crippen molar-refractivity contribution in [3.63, 3.8) is 0 Å². The van der Waals surface area contributed by atoms with Crippen LogP contribution in [-0.4, -0.2) is 64.8 Å². The van der Waals surface area contributed by atoms with Crippen molar-refractivity contribution in [2.24, 2.45) is 5.10 Å². The van der Waals surface area contributed by atoms with Crippen LogP contribution in [0.4, 0.5) is 15.9 Å². The van der Waals surface area contributed by atoms with E-state index in [4.69, 9.17) is 17.3 Å². The van der Waals surface area contributed by atoms with Crippen molar-refractivity contribution in [1.29, 1.82) is 0 Å².